The molecule has 0 saturated heterocycles. The molecule has 1 N–H and O–H groups in total. The van der Waals surface area contributed by atoms with Gasteiger partial charge in [-0.25, -0.2) is 0 Å². The predicted octanol–water partition coefficient (Wildman–Crippen LogP) is 3.56. The van der Waals surface area contributed by atoms with Crippen molar-refractivity contribution < 1.29 is 19.1 Å². The van der Waals surface area contributed by atoms with Gasteiger partial charge in [-0.2, -0.15) is 0 Å². The minimum absolute atomic E-state index is 0.00380. The first kappa shape index (κ1) is 17.4. The molecule has 0 unspecified atom stereocenters. The summed E-state index contributed by atoms with van der Waals surface area (Å²) < 4.78 is 10.7. The Hall–Kier alpha value is -2.04. The van der Waals surface area contributed by atoms with Crippen molar-refractivity contribution >= 4 is 17.6 Å². The quantitative estimate of drug-likeness (QED) is 0.819. The number of methoxy groups -OCH3 is 1. The molecule has 4 fully saturated rings. The van der Waals surface area contributed by atoms with Crippen LogP contribution in [0.1, 0.15) is 37.7 Å². The number of ether oxygens (including phenoxy) is 2. The van der Waals surface area contributed by atoms with Gasteiger partial charge in [0.2, 0.25) is 0 Å². The number of carbonyl (C=O) groups is 2. The lowest BCUT2D eigenvalue weighted by molar-refractivity contribution is -0.164. The van der Waals surface area contributed by atoms with Crippen molar-refractivity contribution in [2.45, 2.75) is 39.0 Å². The van der Waals surface area contributed by atoms with Gasteiger partial charge in [0.25, 0.3) is 5.91 Å². The van der Waals surface area contributed by atoms with E-state index >= 15 is 0 Å². The molecule has 26 heavy (non-hydrogen) atoms. The lowest BCUT2D eigenvalue weighted by Gasteiger charge is -2.53. The van der Waals surface area contributed by atoms with Crippen LogP contribution in [0.25, 0.3) is 0 Å². The number of rotatable bonds is 5. The molecule has 0 aromatic heterocycles. The van der Waals surface area contributed by atoms with Gasteiger partial charge >= 0.3 is 5.97 Å². The normalized spacial score (nSPS) is 31.5. The van der Waals surface area contributed by atoms with Crippen molar-refractivity contribution in [2.75, 3.05) is 19.0 Å². The Morgan fingerprint density at radius 2 is 1.73 bits per heavy atom. The fourth-order valence-electron chi connectivity index (χ4n) is 5.65. The molecule has 4 bridgehead atoms. The van der Waals surface area contributed by atoms with E-state index in [2.05, 4.69) is 5.32 Å². The molecule has 0 heterocycles. The first-order valence-electron chi connectivity index (χ1n) is 9.64. The number of esters is 1. The zero-order chi connectivity index (χ0) is 18.3. The molecule has 140 valence electrons. The summed E-state index contributed by atoms with van der Waals surface area (Å²) in [4.78, 5) is 24.9. The molecule has 5 nitrogen and oxygen atoms in total. The van der Waals surface area contributed by atoms with Crippen LogP contribution in [-0.2, 0) is 14.3 Å². The van der Waals surface area contributed by atoms with Crippen LogP contribution in [0.3, 0.4) is 0 Å². The summed E-state index contributed by atoms with van der Waals surface area (Å²) in [6.07, 6.45) is 6.02. The lowest BCUT2D eigenvalue weighted by Crippen LogP contribution is -2.48. The molecular formula is C21H27NO4. The summed E-state index contributed by atoms with van der Waals surface area (Å²) in [6.45, 7) is 1.71. The van der Waals surface area contributed by atoms with Crippen molar-refractivity contribution in [3.63, 3.8) is 0 Å². The SMILES string of the molecule is COc1ccc(C)cc1NC(=O)COC(=O)C1C2CC3CC(C2)CC1C3. The summed E-state index contributed by atoms with van der Waals surface area (Å²) in [5, 5.41) is 2.78. The van der Waals surface area contributed by atoms with Gasteiger partial charge in [0.15, 0.2) is 6.61 Å². The number of nitrogens with one attached hydrogen (secondary N) is 1. The Kier molecular flexibility index (Phi) is 4.63. The van der Waals surface area contributed by atoms with Crippen LogP contribution in [0.2, 0.25) is 0 Å². The minimum atomic E-state index is -0.328. The van der Waals surface area contributed by atoms with Crippen LogP contribution >= 0.6 is 0 Å². The Morgan fingerprint density at radius 3 is 2.35 bits per heavy atom. The molecule has 5 heteroatoms. The number of benzene rings is 1. The second-order valence-corrected chi connectivity index (χ2v) is 8.32. The average molecular weight is 357 g/mol. The van der Waals surface area contributed by atoms with Crippen LogP contribution < -0.4 is 10.1 Å². The standard InChI is InChI=1S/C21H27NO4/c1-12-3-4-18(25-2)17(5-12)22-19(23)11-26-21(24)20-15-7-13-6-14(9-15)10-16(20)8-13/h3-5,13-16,20H,6-11H2,1-2H3,(H,22,23). The van der Waals surface area contributed by atoms with E-state index in [1.165, 1.54) is 32.1 Å². The highest BCUT2D eigenvalue weighted by atomic mass is 16.5. The molecule has 4 saturated carbocycles. The number of hydrogen-bond donors (Lipinski definition) is 1. The monoisotopic (exact) mass is 357 g/mol. The summed E-state index contributed by atoms with van der Waals surface area (Å²) in [5.74, 6) is 2.67. The van der Waals surface area contributed by atoms with Gasteiger partial charge in [0.1, 0.15) is 5.75 Å². The molecule has 0 radical (unpaired) electrons. The zero-order valence-electron chi connectivity index (χ0n) is 15.5. The molecule has 1 amide bonds. The van der Waals surface area contributed by atoms with E-state index in [1.54, 1.807) is 7.11 Å². The molecule has 5 rings (SSSR count). The van der Waals surface area contributed by atoms with E-state index in [4.69, 9.17) is 9.47 Å². The smallest absolute Gasteiger partial charge is 0.310 e. The molecule has 1 aromatic carbocycles. The molecular weight excluding hydrogens is 330 g/mol. The van der Waals surface area contributed by atoms with Crippen molar-refractivity contribution in [1.82, 2.24) is 0 Å². The zero-order valence-corrected chi connectivity index (χ0v) is 15.5. The van der Waals surface area contributed by atoms with E-state index in [-0.39, 0.29) is 24.4 Å². The van der Waals surface area contributed by atoms with Crippen molar-refractivity contribution in [2.24, 2.45) is 29.6 Å². The highest BCUT2D eigenvalue weighted by Crippen LogP contribution is 2.56. The largest absolute Gasteiger partial charge is 0.495 e. The van der Waals surface area contributed by atoms with E-state index in [0.29, 0.717) is 23.3 Å². The second-order valence-electron chi connectivity index (χ2n) is 8.32. The van der Waals surface area contributed by atoms with Gasteiger partial charge < -0.3 is 14.8 Å². The molecule has 4 aliphatic carbocycles. The van der Waals surface area contributed by atoms with E-state index in [0.717, 1.165) is 17.4 Å². The molecule has 4 aliphatic rings. The Balaban J connectivity index is 1.33. The first-order valence-corrected chi connectivity index (χ1v) is 9.64. The lowest BCUT2D eigenvalue weighted by atomic mass is 9.52. The maximum atomic E-state index is 12.6. The van der Waals surface area contributed by atoms with Crippen molar-refractivity contribution in [3.05, 3.63) is 23.8 Å². The van der Waals surface area contributed by atoms with Crippen LogP contribution in [-0.4, -0.2) is 25.6 Å². The molecule has 0 aliphatic heterocycles. The van der Waals surface area contributed by atoms with E-state index in [1.807, 2.05) is 25.1 Å². The number of carbonyl (C=O) groups excluding carboxylic acids is 2. The third-order valence-electron chi connectivity index (χ3n) is 6.47. The Morgan fingerprint density at radius 1 is 1.08 bits per heavy atom. The average Bonchev–Trinajstić information content (AvgIpc) is 2.59. The maximum Gasteiger partial charge on any atom is 0.310 e. The van der Waals surface area contributed by atoms with Crippen LogP contribution in [0, 0.1) is 36.5 Å². The first-order chi connectivity index (χ1) is 12.5. The topological polar surface area (TPSA) is 64.6 Å². The number of aryl methyl sites for hydroxylation is 1. The van der Waals surface area contributed by atoms with Gasteiger partial charge in [-0.3, -0.25) is 9.59 Å². The second kappa shape index (κ2) is 6.93. The molecule has 0 spiro atoms. The predicted molar refractivity (Wildman–Crippen MR) is 97.9 cm³/mol. The number of amides is 1. The summed E-state index contributed by atoms with van der Waals surface area (Å²) in [6, 6.07) is 5.57. The third kappa shape index (κ3) is 3.31. The Labute approximate surface area is 154 Å². The number of anilines is 1. The van der Waals surface area contributed by atoms with Crippen molar-refractivity contribution in [3.8, 4) is 5.75 Å². The number of hydrogen-bond acceptors (Lipinski definition) is 4. The fraction of sp³-hybridized carbons (Fsp3) is 0.619. The summed E-state index contributed by atoms with van der Waals surface area (Å²) in [5.41, 5.74) is 1.62. The third-order valence-corrected chi connectivity index (χ3v) is 6.47. The van der Waals surface area contributed by atoms with Gasteiger partial charge in [0, 0.05) is 0 Å². The summed E-state index contributed by atoms with van der Waals surface area (Å²) in [7, 11) is 1.56. The highest BCUT2D eigenvalue weighted by molar-refractivity contribution is 5.94. The molecule has 0 atom stereocenters. The van der Waals surface area contributed by atoms with Crippen LogP contribution in [0.4, 0.5) is 5.69 Å². The van der Waals surface area contributed by atoms with Gasteiger partial charge in [-0.15, -0.1) is 0 Å². The summed E-state index contributed by atoms with van der Waals surface area (Å²) >= 11 is 0. The van der Waals surface area contributed by atoms with Crippen LogP contribution in [0.5, 0.6) is 5.75 Å². The van der Waals surface area contributed by atoms with Crippen molar-refractivity contribution in [1.29, 1.82) is 0 Å². The fourth-order valence-corrected chi connectivity index (χ4v) is 5.65. The van der Waals surface area contributed by atoms with Gasteiger partial charge in [-0.05, 0) is 80.4 Å². The minimum Gasteiger partial charge on any atom is -0.495 e. The van der Waals surface area contributed by atoms with Crippen LogP contribution in [0.15, 0.2) is 18.2 Å². The molecule has 1 aromatic rings. The maximum absolute atomic E-state index is 12.6. The van der Waals surface area contributed by atoms with E-state index in [9.17, 15) is 9.59 Å². The van der Waals surface area contributed by atoms with Gasteiger partial charge in [0.05, 0.1) is 18.7 Å². The Bertz CT molecular complexity index is 686. The van der Waals surface area contributed by atoms with E-state index < -0.39 is 0 Å². The van der Waals surface area contributed by atoms with Gasteiger partial charge in [-0.1, -0.05) is 6.07 Å². The highest BCUT2D eigenvalue weighted by Gasteiger charge is 2.51.